The third-order valence-corrected chi connectivity index (χ3v) is 3.48. The lowest BCUT2D eigenvalue weighted by molar-refractivity contribution is -0.115. The fourth-order valence-electron chi connectivity index (χ4n) is 2.10. The first kappa shape index (κ1) is 18.0. The van der Waals surface area contributed by atoms with Crippen molar-refractivity contribution in [2.45, 2.75) is 13.5 Å². The molecule has 0 heterocycles. The van der Waals surface area contributed by atoms with E-state index in [1.807, 2.05) is 12.1 Å². The molecule has 0 aliphatic heterocycles. The number of hydrogen-bond donors (Lipinski definition) is 2. The standard InChI is InChI=1S/C18H19ClN2O3/c1-2-24-18(23)15-5-3-4-6-16(15)21-17(22)12-20-11-13-7-9-14(19)10-8-13/h3-10,20H,2,11-12H2,1H3,(H,21,22). The fraction of sp³-hybridized carbons (Fsp3) is 0.222. The van der Waals surface area contributed by atoms with Crippen molar-refractivity contribution >= 4 is 29.2 Å². The molecule has 0 saturated heterocycles. The molecule has 2 aromatic carbocycles. The zero-order chi connectivity index (χ0) is 17.4. The zero-order valence-corrected chi connectivity index (χ0v) is 14.1. The Morgan fingerprint density at radius 1 is 1.08 bits per heavy atom. The van der Waals surface area contributed by atoms with E-state index < -0.39 is 5.97 Å². The molecule has 0 radical (unpaired) electrons. The SMILES string of the molecule is CCOC(=O)c1ccccc1NC(=O)CNCc1ccc(Cl)cc1. The smallest absolute Gasteiger partial charge is 0.340 e. The van der Waals surface area contributed by atoms with Gasteiger partial charge in [0.05, 0.1) is 24.4 Å². The molecule has 0 saturated carbocycles. The van der Waals surface area contributed by atoms with E-state index in [0.717, 1.165) is 5.56 Å². The first-order valence-electron chi connectivity index (χ1n) is 7.61. The Morgan fingerprint density at radius 3 is 2.50 bits per heavy atom. The van der Waals surface area contributed by atoms with Gasteiger partial charge in [0.2, 0.25) is 5.91 Å². The van der Waals surface area contributed by atoms with E-state index in [0.29, 0.717) is 22.8 Å². The van der Waals surface area contributed by atoms with Gasteiger partial charge in [0.25, 0.3) is 0 Å². The van der Waals surface area contributed by atoms with E-state index in [-0.39, 0.29) is 19.1 Å². The van der Waals surface area contributed by atoms with Gasteiger partial charge >= 0.3 is 5.97 Å². The average Bonchev–Trinajstić information content (AvgIpc) is 2.57. The molecule has 2 aromatic rings. The summed E-state index contributed by atoms with van der Waals surface area (Å²) in [7, 11) is 0. The maximum Gasteiger partial charge on any atom is 0.340 e. The van der Waals surface area contributed by atoms with Crippen LogP contribution in [0.3, 0.4) is 0 Å². The molecule has 0 unspecified atom stereocenters. The van der Waals surface area contributed by atoms with Gasteiger partial charge in [-0.25, -0.2) is 4.79 Å². The number of halogens is 1. The van der Waals surface area contributed by atoms with Crippen molar-refractivity contribution in [3.05, 3.63) is 64.7 Å². The van der Waals surface area contributed by atoms with Crippen LogP contribution in [0.15, 0.2) is 48.5 Å². The third kappa shape index (κ3) is 5.37. The van der Waals surface area contributed by atoms with Crippen LogP contribution in [0.1, 0.15) is 22.8 Å². The van der Waals surface area contributed by atoms with Crippen molar-refractivity contribution in [1.29, 1.82) is 0 Å². The molecular formula is C18H19ClN2O3. The molecule has 0 aromatic heterocycles. The summed E-state index contributed by atoms with van der Waals surface area (Å²) in [5.74, 6) is -0.691. The van der Waals surface area contributed by atoms with Gasteiger partial charge in [-0.05, 0) is 36.8 Å². The van der Waals surface area contributed by atoms with Crippen LogP contribution in [0.5, 0.6) is 0 Å². The summed E-state index contributed by atoms with van der Waals surface area (Å²) < 4.78 is 4.98. The van der Waals surface area contributed by atoms with E-state index in [1.165, 1.54) is 0 Å². The minimum absolute atomic E-state index is 0.125. The van der Waals surface area contributed by atoms with E-state index in [4.69, 9.17) is 16.3 Å². The molecule has 24 heavy (non-hydrogen) atoms. The monoisotopic (exact) mass is 346 g/mol. The summed E-state index contributed by atoms with van der Waals surface area (Å²) in [5, 5.41) is 6.44. The van der Waals surface area contributed by atoms with Gasteiger partial charge < -0.3 is 15.4 Å². The number of hydrogen-bond acceptors (Lipinski definition) is 4. The minimum atomic E-state index is -0.456. The van der Waals surface area contributed by atoms with Crippen molar-refractivity contribution in [1.82, 2.24) is 5.32 Å². The zero-order valence-electron chi connectivity index (χ0n) is 13.3. The van der Waals surface area contributed by atoms with Crippen LogP contribution in [-0.4, -0.2) is 25.0 Å². The Bertz CT molecular complexity index is 702. The third-order valence-electron chi connectivity index (χ3n) is 3.22. The number of carbonyl (C=O) groups excluding carboxylic acids is 2. The molecule has 6 heteroatoms. The maximum absolute atomic E-state index is 12.0. The summed E-state index contributed by atoms with van der Waals surface area (Å²) >= 11 is 5.83. The van der Waals surface area contributed by atoms with Crippen molar-refractivity contribution in [2.24, 2.45) is 0 Å². The average molecular weight is 347 g/mol. The minimum Gasteiger partial charge on any atom is -0.462 e. The summed E-state index contributed by atoms with van der Waals surface area (Å²) in [4.78, 5) is 23.9. The van der Waals surface area contributed by atoms with Crippen molar-refractivity contribution in [2.75, 3.05) is 18.5 Å². The van der Waals surface area contributed by atoms with Crippen LogP contribution in [0.4, 0.5) is 5.69 Å². The van der Waals surface area contributed by atoms with Gasteiger partial charge in [0.15, 0.2) is 0 Å². The number of esters is 1. The predicted octanol–water partition coefficient (Wildman–Crippen LogP) is 3.25. The van der Waals surface area contributed by atoms with Gasteiger partial charge in [-0.3, -0.25) is 4.79 Å². The molecule has 0 fully saturated rings. The number of benzene rings is 2. The second-order valence-electron chi connectivity index (χ2n) is 5.04. The maximum atomic E-state index is 12.0. The number of carbonyl (C=O) groups is 2. The van der Waals surface area contributed by atoms with E-state index in [9.17, 15) is 9.59 Å². The summed E-state index contributed by atoms with van der Waals surface area (Å²) in [6.07, 6.45) is 0. The summed E-state index contributed by atoms with van der Waals surface area (Å²) in [6.45, 7) is 2.69. The molecule has 2 N–H and O–H groups in total. The van der Waals surface area contributed by atoms with Crippen molar-refractivity contribution < 1.29 is 14.3 Å². The molecule has 0 atom stereocenters. The van der Waals surface area contributed by atoms with Crippen LogP contribution in [0.25, 0.3) is 0 Å². The van der Waals surface area contributed by atoms with Gasteiger partial charge in [0, 0.05) is 11.6 Å². The highest BCUT2D eigenvalue weighted by Gasteiger charge is 2.13. The van der Waals surface area contributed by atoms with Gasteiger partial charge in [-0.2, -0.15) is 0 Å². The number of amides is 1. The first-order valence-corrected chi connectivity index (χ1v) is 7.99. The largest absolute Gasteiger partial charge is 0.462 e. The number of rotatable bonds is 7. The Hall–Kier alpha value is -2.37. The van der Waals surface area contributed by atoms with Crippen LogP contribution in [-0.2, 0) is 16.1 Å². The Kier molecular flexibility index (Phi) is 6.78. The summed E-state index contributed by atoms with van der Waals surface area (Å²) in [6, 6.07) is 14.1. The quantitative estimate of drug-likeness (QED) is 0.755. The molecule has 0 spiro atoms. The molecular weight excluding hydrogens is 328 g/mol. The number of nitrogens with one attached hydrogen (secondary N) is 2. The predicted molar refractivity (Wildman–Crippen MR) is 94.2 cm³/mol. The highest BCUT2D eigenvalue weighted by atomic mass is 35.5. The van der Waals surface area contributed by atoms with E-state index in [1.54, 1.807) is 43.3 Å². The molecule has 5 nitrogen and oxygen atoms in total. The molecule has 0 bridgehead atoms. The number of anilines is 1. The first-order chi connectivity index (χ1) is 11.6. The lowest BCUT2D eigenvalue weighted by Gasteiger charge is -2.11. The highest BCUT2D eigenvalue weighted by molar-refractivity contribution is 6.30. The number of para-hydroxylation sites is 1. The van der Waals surface area contributed by atoms with Crippen LogP contribution in [0.2, 0.25) is 5.02 Å². The van der Waals surface area contributed by atoms with Crippen LogP contribution < -0.4 is 10.6 Å². The second kappa shape index (κ2) is 9.05. The Balaban J connectivity index is 1.88. The number of ether oxygens (including phenoxy) is 1. The van der Waals surface area contributed by atoms with Crippen molar-refractivity contribution in [3.8, 4) is 0 Å². The second-order valence-corrected chi connectivity index (χ2v) is 5.48. The fourth-order valence-corrected chi connectivity index (χ4v) is 2.22. The molecule has 2 rings (SSSR count). The topological polar surface area (TPSA) is 67.4 Å². The lowest BCUT2D eigenvalue weighted by Crippen LogP contribution is -2.28. The lowest BCUT2D eigenvalue weighted by atomic mass is 10.2. The summed E-state index contributed by atoms with van der Waals surface area (Å²) in [5.41, 5.74) is 1.80. The Labute approximate surface area is 146 Å². The van der Waals surface area contributed by atoms with Gasteiger partial charge in [-0.15, -0.1) is 0 Å². The molecule has 1 amide bonds. The van der Waals surface area contributed by atoms with Crippen LogP contribution in [0, 0.1) is 0 Å². The van der Waals surface area contributed by atoms with E-state index >= 15 is 0 Å². The van der Waals surface area contributed by atoms with E-state index in [2.05, 4.69) is 10.6 Å². The van der Waals surface area contributed by atoms with Gasteiger partial charge in [-0.1, -0.05) is 35.9 Å². The normalized spacial score (nSPS) is 10.2. The van der Waals surface area contributed by atoms with Gasteiger partial charge in [0.1, 0.15) is 0 Å². The highest BCUT2D eigenvalue weighted by Crippen LogP contribution is 2.16. The van der Waals surface area contributed by atoms with Crippen LogP contribution >= 0.6 is 11.6 Å². The molecule has 126 valence electrons. The molecule has 0 aliphatic rings. The molecule has 0 aliphatic carbocycles. The van der Waals surface area contributed by atoms with Crippen molar-refractivity contribution in [3.63, 3.8) is 0 Å². The Morgan fingerprint density at radius 2 is 1.79 bits per heavy atom.